The molecule has 2 fully saturated rings. The number of halogens is 3. The molecule has 0 bridgehead atoms. The monoisotopic (exact) mass is 306 g/mol. The molecule has 0 saturated heterocycles. The number of alkyl halides is 3. The maximum absolute atomic E-state index is 13.2. The van der Waals surface area contributed by atoms with E-state index in [9.17, 15) is 22.8 Å². The highest BCUT2D eigenvalue weighted by Crippen LogP contribution is 2.40. The van der Waals surface area contributed by atoms with Crippen molar-refractivity contribution in [2.24, 2.45) is 23.7 Å². The van der Waals surface area contributed by atoms with Crippen LogP contribution < -0.4 is 10.6 Å². The van der Waals surface area contributed by atoms with Gasteiger partial charge in [0.25, 0.3) is 0 Å². The summed E-state index contributed by atoms with van der Waals surface area (Å²) < 4.78 is 39.7. The van der Waals surface area contributed by atoms with Crippen molar-refractivity contribution in [3.63, 3.8) is 0 Å². The largest absolute Gasteiger partial charge is 0.412 e. The van der Waals surface area contributed by atoms with Crippen LogP contribution in [0.15, 0.2) is 0 Å². The van der Waals surface area contributed by atoms with Crippen LogP contribution in [0.4, 0.5) is 13.2 Å². The van der Waals surface area contributed by atoms with Crippen LogP contribution in [0.5, 0.6) is 0 Å². The molecule has 2 rings (SSSR count). The fraction of sp³-hybridized carbons (Fsp3) is 0.857. The SMILES string of the molecule is C[C@@H]1C[C@@H]1C(=O)NC[C@](C)(NC(=O)[C@@H]1C[C@@H]1C)C(F)(F)F. The Hall–Kier alpha value is -1.27. The molecule has 0 unspecified atom stereocenters. The van der Waals surface area contributed by atoms with E-state index in [0.29, 0.717) is 12.8 Å². The second-order valence-corrected chi connectivity index (χ2v) is 6.68. The topological polar surface area (TPSA) is 58.2 Å². The average Bonchev–Trinajstić information content (AvgIpc) is 3.23. The van der Waals surface area contributed by atoms with Gasteiger partial charge in [-0.2, -0.15) is 13.2 Å². The van der Waals surface area contributed by atoms with Gasteiger partial charge < -0.3 is 10.6 Å². The van der Waals surface area contributed by atoms with Gasteiger partial charge in [-0.1, -0.05) is 13.8 Å². The van der Waals surface area contributed by atoms with Crippen LogP contribution in [-0.2, 0) is 9.59 Å². The minimum absolute atomic E-state index is 0.129. The van der Waals surface area contributed by atoms with Crippen LogP contribution in [0, 0.1) is 23.7 Å². The third-order valence-corrected chi connectivity index (χ3v) is 4.53. The van der Waals surface area contributed by atoms with Crippen molar-refractivity contribution in [3.05, 3.63) is 0 Å². The molecule has 5 atom stereocenters. The van der Waals surface area contributed by atoms with Crippen molar-refractivity contribution in [2.75, 3.05) is 6.54 Å². The van der Waals surface area contributed by atoms with E-state index in [2.05, 4.69) is 10.6 Å². The minimum atomic E-state index is -4.62. The fourth-order valence-corrected chi connectivity index (χ4v) is 2.35. The molecule has 0 radical (unpaired) electrons. The van der Waals surface area contributed by atoms with E-state index in [4.69, 9.17) is 0 Å². The minimum Gasteiger partial charge on any atom is -0.353 e. The Morgan fingerprint density at radius 3 is 1.86 bits per heavy atom. The quantitative estimate of drug-likeness (QED) is 0.814. The molecule has 0 aliphatic heterocycles. The highest BCUT2D eigenvalue weighted by Gasteiger charge is 2.54. The summed E-state index contributed by atoms with van der Waals surface area (Å²) in [6, 6.07) is 0. The number of hydrogen-bond acceptors (Lipinski definition) is 2. The zero-order valence-corrected chi connectivity index (χ0v) is 12.4. The van der Waals surface area contributed by atoms with E-state index in [1.54, 1.807) is 0 Å². The third kappa shape index (κ3) is 3.49. The molecule has 21 heavy (non-hydrogen) atoms. The Morgan fingerprint density at radius 1 is 1.05 bits per heavy atom. The van der Waals surface area contributed by atoms with Crippen molar-refractivity contribution in [3.8, 4) is 0 Å². The second kappa shape index (κ2) is 5.18. The highest BCUT2D eigenvalue weighted by atomic mass is 19.4. The smallest absolute Gasteiger partial charge is 0.353 e. The molecule has 7 heteroatoms. The molecule has 0 spiro atoms. The zero-order chi connectivity index (χ0) is 16.0. The molecule has 0 heterocycles. The summed E-state index contributed by atoms with van der Waals surface area (Å²) in [5, 5.41) is 4.40. The van der Waals surface area contributed by atoms with Crippen LogP contribution in [0.1, 0.15) is 33.6 Å². The summed E-state index contributed by atoms with van der Waals surface area (Å²) in [7, 11) is 0. The number of carbonyl (C=O) groups excluding carboxylic acids is 2. The summed E-state index contributed by atoms with van der Waals surface area (Å²) in [6.07, 6.45) is -3.30. The van der Waals surface area contributed by atoms with Crippen molar-refractivity contribution in [2.45, 2.75) is 45.3 Å². The van der Waals surface area contributed by atoms with Gasteiger partial charge in [0.05, 0.1) is 0 Å². The Balaban J connectivity index is 1.96. The summed E-state index contributed by atoms with van der Waals surface area (Å²) >= 11 is 0. The van der Waals surface area contributed by atoms with Crippen molar-refractivity contribution in [1.29, 1.82) is 0 Å². The Morgan fingerprint density at radius 2 is 1.48 bits per heavy atom. The maximum atomic E-state index is 13.2. The molecular formula is C14H21F3N2O2. The molecule has 2 N–H and O–H groups in total. The second-order valence-electron chi connectivity index (χ2n) is 6.68. The van der Waals surface area contributed by atoms with Gasteiger partial charge >= 0.3 is 6.18 Å². The number of rotatable bonds is 5. The van der Waals surface area contributed by atoms with Crippen LogP contribution in [0.3, 0.4) is 0 Å². The van der Waals surface area contributed by atoms with Crippen LogP contribution in [-0.4, -0.2) is 30.1 Å². The standard InChI is InChI=1S/C14H21F3N2O2/c1-7-4-9(7)11(20)18-6-13(3,14(15,16)17)19-12(21)10-5-8(10)2/h7-10H,4-6H2,1-3H3,(H,18,20)(H,19,21)/t7-,8+,9+,10-,13+/m1/s1. The number of hydrogen-bond donors (Lipinski definition) is 2. The lowest BCUT2D eigenvalue weighted by Crippen LogP contribution is -2.62. The molecule has 0 aromatic carbocycles. The van der Waals surface area contributed by atoms with Gasteiger partial charge in [0.15, 0.2) is 5.54 Å². The normalized spacial score (nSPS) is 33.8. The Labute approximate surface area is 121 Å². The van der Waals surface area contributed by atoms with Gasteiger partial charge in [0.2, 0.25) is 11.8 Å². The highest BCUT2D eigenvalue weighted by molar-refractivity contribution is 5.83. The van der Waals surface area contributed by atoms with Crippen LogP contribution >= 0.6 is 0 Å². The van der Waals surface area contributed by atoms with E-state index in [1.165, 1.54) is 0 Å². The van der Waals surface area contributed by atoms with Gasteiger partial charge in [0, 0.05) is 18.4 Å². The van der Waals surface area contributed by atoms with Gasteiger partial charge in [-0.15, -0.1) is 0 Å². The first kappa shape index (κ1) is 16.1. The first-order valence-electron chi connectivity index (χ1n) is 7.21. The average molecular weight is 306 g/mol. The lowest BCUT2D eigenvalue weighted by atomic mass is 10.0. The molecule has 2 aliphatic carbocycles. The summed E-state index contributed by atoms with van der Waals surface area (Å²) in [5.41, 5.74) is -2.43. The molecule has 0 aromatic heterocycles. The Kier molecular flexibility index (Phi) is 3.97. The first-order valence-corrected chi connectivity index (χ1v) is 7.21. The fourth-order valence-electron chi connectivity index (χ4n) is 2.35. The molecule has 120 valence electrons. The molecular weight excluding hydrogens is 285 g/mol. The van der Waals surface area contributed by atoms with Gasteiger partial charge in [-0.05, 0) is 31.6 Å². The molecule has 2 aliphatic rings. The molecule has 0 aromatic rings. The first-order chi connectivity index (χ1) is 9.55. The molecule has 2 saturated carbocycles. The predicted octanol–water partition coefficient (Wildman–Crippen LogP) is 1.85. The van der Waals surface area contributed by atoms with Gasteiger partial charge in [-0.25, -0.2) is 0 Å². The summed E-state index contributed by atoms with van der Waals surface area (Å²) in [6.45, 7) is 3.98. The summed E-state index contributed by atoms with van der Waals surface area (Å²) in [4.78, 5) is 23.5. The maximum Gasteiger partial charge on any atom is 0.412 e. The van der Waals surface area contributed by atoms with Crippen molar-refractivity contribution < 1.29 is 22.8 Å². The van der Waals surface area contributed by atoms with Crippen LogP contribution in [0.25, 0.3) is 0 Å². The van der Waals surface area contributed by atoms with E-state index >= 15 is 0 Å². The summed E-state index contributed by atoms with van der Waals surface area (Å²) in [5.74, 6) is -1.13. The van der Waals surface area contributed by atoms with Crippen molar-refractivity contribution >= 4 is 11.8 Å². The van der Waals surface area contributed by atoms with Gasteiger partial charge in [0.1, 0.15) is 0 Å². The predicted molar refractivity (Wildman–Crippen MR) is 70.2 cm³/mol. The molecule has 4 nitrogen and oxygen atoms in total. The van der Waals surface area contributed by atoms with Crippen LogP contribution in [0.2, 0.25) is 0 Å². The Bertz CT molecular complexity index is 452. The van der Waals surface area contributed by atoms with E-state index in [0.717, 1.165) is 6.92 Å². The number of amides is 2. The number of nitrogens with one attached hydrogen (secondary N) is 2. The van der Waals surface area contributed by atoms with E-state index in [-0.39, 0.29) is 29.6 Å². The lowest BCUT2D eigenvalue weighted by molar-refractivity contribution is -0.192. The molecule has 2 amide bonds. The third-order valence-electron chi connectivity index (χ3n) is 4.53. The number of carbonyl (C=O) groups is 2. The van der Waals surface area contributed by atoms with E-state index in [1.807, 2.05) is 13.8 Å². The van der Waals surface area contributed by atoms with Gasteiger partial charge in [-0.3, -0.25) is 9.59 Å². The van der Waals surface area contributed by atoms with E-state index < -0.39 is 24.2 Å². The lowest BCUT2D eigenvalue weighted by Gasteiger charge is -2.33. The van der Waals surface area contributed by atoms with Crippen molar-refractivity contribution in [1.82, 2.24) is 10.6 Å². The zero-order valence-electron chi connectivity index (χ0n) is 12.4.